The molecule has 1 heterocycles. The Bertz CT molecular complexity index is 1640. The fraction of sp³-hybridized carbons (Fsp3) is 0.917. The number of carbonyl (C=O) groups is 3. The van der Waals surface area contributed by atoms with Gasteiger partial charge < -0.3 is 28.9 Å². The Kier molecular flexibility index (Phi) is 56.6. The normalized spacial score (nSPS) is 11.7. The van der Waals surface area contributed by atoms with Crippen molar-refractivity contribution in [2.24, 2.45) is 0 Å². The summed E-state index contributed by atoms with van der Waals surface area (Å²) in [4.78, 5) is 89.4. The standard InChI is InChI=1S/C72H138N6O9/c1-7-13-19-25-31-37-43-52-73(53-44-38-32-26-20-14-8-2)58-49-67(79)85-64-61-76-70(82)77(62-65-86-68(80)50-59-74(54-45-39-33-27-21-15-9-3)55-46-40-34-28-22-16-10-4)72(84)78(71(76)83)63-66-87-69(81)51-60-75(56-47-41-35-29-23-17-11-5)57-48-42-36-30-24-18-12-6/h7-66H2,1-6H3. The quantitative estimate of drug-likeness (QED) is 0.0346. The van der Waals surface area contributed by atoms with Crippen LogP contribution in [0.15, 0.2) is 14.4 Å². The molecule has 0 aromatic carbocycles. The van der Waals surface area contributed by atoms with E-state index in [2.05, 4.69) is 56.2 Å². The molecule has 0 N–H and O–H groups in total. The minimum Gasteiger partial charge on any atom is -0.464 e. The zero-order valence-electron chi connectivity index (χ0n) is 57.8. The maximum Gasteiger partial charge on any atom is 0.336 e. The van der Waals surface area contributed by atoms with Crippen molar-refractivity contribution in [3.63, 3.8) is 0 Å². The van der Waals surface area contributed by atoms with E-state index in [9.17, 15) is 28.8 Å². The second-order valence-electron chi connectivity index (χ2n) is 25.5. The average Bonchev–Trinajstić information content (AvgIpc) is 2.41. The summed E-state index contributed by atoms with van der Waals surface area (Å²) in [5.41, 5.74) is -2.63. The van der Waals surface area contributed by atoms with Crippen molar-refractivity contribution in [2.75, 3.05) is 78.7 Å². The highest BCUT2D eigenvalue weighted by Gasteiger charge is 2.19. The van der Waals surface area contributed by atoms with Crippen LogP contribution >= 0.6 is 0 Å². The lowest BCUT2D eigenvalue weighted by Gasteiger charge is -2.22. The van der Waals surface area contributed by atoms with Crippen LogP contribution in [-0.4, -0.2) is 125 Å². The van der Waals surface area contributed by atoms with Crippen LogP contribution in [0, 0.1) is 0 Å². The predicted octanol–water partition coefficient (Wildman–Crippen LogP) is 16.4. The number of unbranched alkanes of at least 4 members (excludes halogenated alkanes) is 36. The van der Waals surface area contributed by atoms with Gasteiger partial charge in [-0.1, -0.05) is 273 Å². The Labute approximate surface area is 532 Å². The van der Waals surface area contributed by atoms with Crippen molar-refractivity contribution in [2.45, 2.75) is 350 Å². The number of nitrogens with zero attached hydrogens (tertiary/aromatic N) is 6. The van der Waals surface area contributed by atoms with Crippen LogP contribution in [0.25, 0.3) is 0 Å². The summed E-state index contributed by atoms with van der Waals surface area (Å²) in [6.07, 6.45) is 52.0. The molecule has 0 saturated carbocycles. The number of carbonyl (C=O) groups excluding carboxylic acids is 3. The SMILES string of the molecule is CCCCCCCCCN(CCCCCCCCC)CCC(=O)OCCn1c(=O)n(CCOC(=O)CCN(CCCCCCCCC)CCCCCCCCC)c(=O)n(CCOC(=O)CCN(CCCCCCCCC)CCCCCCCCC)c1=O. The van der Waals surface area contributed by atoms with E-state index in [0.29, 0.717) is 19.6 Å². The molecule has 0 aliphatic rings. The second-order valence-corrected chi connectivity index (χ2v) is 25.5. The van der Waals surface area contributed by atoms with Gasteiger partial charge in [0.05, 0.1) is 38.9 Å². The van der Waals surface area contributed by atoms with Crippen molar-refractivity contribution >= 4 is 17.9 Å². The van der Waals surface area contributed by atoms with E-state index in [1.165, 1.54) is 231 Å². The zero-order valence-corrected chi connectivity index (χ0v) is 57.8. The maximum atomic E-state index is 14.1. The van der Waals surface area contributed by atoms with Gasteiger partial charge in [-0.2, -0.15) is 0 Å². The van der Waals surface area contributed by atoms with Crippen LogP contribution < -0.4 is 17.1 Å². The molecule has 0 amide bonds. The van der Waals surface area contributed by atoms with Gasteiger partial charge in [0.2, 0.25) is 0 Å². The molecule has 0 fully saturated rings. The lowest BCUT2D eigenvalue weighted by atomic mass is 10.1. The predicted molar refractivity (Wildman–Crippen MR) is 363 cm³/mol. The fourth-order valence-corrected chi connectivity index (χ4v) is 11.7. The monoisotopic (exact) mass is 1230 g/mol. The Hall–Kier alpha value is -3.30. The molecule has 510 valence electrons. The van der Waals surface area contributed by atoms with Crippen LogP contribution in [0.3, 0.4) is 0 Å². The van der Waals surface area contributed by atoms with Crippen molar-refractivity contribution in [1.82, 2.24) is 28.4 Å². The van der Waals surface area contributed by atoms with Gasteiger partial charge in [-0.25, -0.2) is 28.1 Å². The molecule has 0 atom stereocenters. The summed E-state index contributed by atoms with van der Waals surface area (Å²) in [7, 11) is 0. The van der Waals surface area contributed by atoms with E-state index in [-0.39, 0.29) is 58.7 Å². The van der Waals surface area contributed by atoms with Gasteiger partial charge in [0.15, 0.2) is 0 Å². The van der Waals surface area contributed by atoms with Gasteiger partial charge in [0.25, 0.3) is 0 Å². The van der Waals surface area contributed by atoms with Crippen LogP contribution in [0.2, 0.25) is 0 Å². The Morgan fingerprint density at radius 3 is 0.586 bits per heavy atom. The molecule has 87 heavy (non-hydrogen) atoms. The van der Waals surface area contributed by atoms with Crippen LogP contribution in [0.1, 0.15) is 330 Å². The lowest BCUT2D eigenvalue weighted by molar-refractivity contribution is -0.145. The Morgan fingerprint density at radius 1 is 0.253 bits per heavy atom. The molecular formula is C72H138N6O9. The molecule has 1 rings (SSSR count). The molecule has 0 aliphatic heterocycles. The largest absolute Gasteiger partial charge is 0.464 e. The molecule has 0 bridgehead atoms. The van der Waals surface area contributed by atoms with Gasteiger partial charge in [-0.3, -0.25) is 14.4 Å². The van der Waals surface area contributed by atoms with Gasteiger partial charge >= 0.3 is 35.0 Å². The average molecular weight is 1230 g/mol. The number of aromatic nitrogens is 3. The number of hydrogen-bond donors (Lipinski definition) is 0. The lowest BCUT2D eigenvalue weighted by Crippen LogP contribution is -2.55. The Morgan fingerprint density at radius 2 is 0.414 bits per heavy atom. The summed E-state index contributed by atoms with van der Waals surface area (Å²) < 4.78 is 19.8. The highest BCUT2D eigenvalue weighted by atomic mass is 16.5. The first-order valence-electron chi connectivity index (χ1n) is 37.1. The number of rotatable bonds is 66. The van der Waals surface area contributed by atoms with Gasteiger partial charge in [0.1, 0.15) is 19.8 Å². The number of hydrogen-bond acceptors (Lipinski definition) is 12. The highest BCUT2D eigenvalue weighted by molar-refractivity contribution is 5.70. The molecule has 1 aromatic rings. The molecule has 0 spiro atoms. The first-order chi connectivity index (χ1) is 42.6. The van der Waals surface area contributed by atoms with Crippen LogP contribution in [0.5, 0.6) is 0 Å². The molecule has 15 heteroatoms. The topological polar surface area (TPSA) is 155 Å². The Balaban J connectivity index is 3.20. The molecule has 0 saturated heterocycles. The van der Waals surface area contributed by atoms with Crippen molar-refractivity contribution in [1.29, 1.82) is 0 Å². The maximum absolute atomic E-state index is 14.1. The summed E-state index contributed by atoms with van der Waals surface area (Å²) >= 11 is 0. The minimum absolute atomic E-state index is 0.189. The van der Waals surface area contributed by atoms with E-state index >= 15 is 0 Å². The third-order valence-corrected chi connectivity index (χ3v) is 17.5. The third-order valence-electron chi connectivity index (χ3n) is 17.5. The summed E-state index contributed by atoms with van der Waals surface area (Å²) in [5.74, 6) is -1.23. The number of ether oxygens (including phenoxy) is 3. The van der Waals surface area contributed by atoms with Crippen molar-refractivity contribution in [3.8, 4) is 0 Å². The number of esters is 3. The summed E-state index contributed by atoms with van der Waals surface area (Å²) in [5, 5.41) is 0. The summed E-state index contributed by atoms with van der Waals surface area (Å²) in [6, 6.07) is 0. The smallest absolute Gasteiger partial charge is 0.336 e. The molecule has 0 aliphatic carbocycles. The van der Waals surface area contributed by atoms with E-state index in [1.807, 2.05) is 0 Å². The minimum atomic E-state index is -0.876. The van der Waals surface area contributed by atoms with Crippen molar-refractivity contribution < 1.29 is 28.6 Å². The molecule has 0 radical (unpaired) electrons. The van der Waals surface area contributed by atoms with E-state index in [1.54, 1.807) is 0 Å². The molecule has 15 nitrogen and oxygen atoms in total. The highest BCUT2D eigenvalue weighted by Crippen LogP contribution is 2.15. The van der Waals surface area contributed by atoms with E-state index in [4.69, 9.17) is 14.2 Å². The summed E-state index contributed by atoms with van der Waals surface area (Å²) in [6.45, 7) is 19.2. The second kappa shape index (κ2) is 60.3. The molecule has 0 unspecified atom stereocenters. The van der Waals surface area contributed by atoms with Gasteiger partial charge in [0, 0.05) is 19.6 Å². The van der Waals surface area contributed by atoms with Gasteiger partial charge in [-0.15, -0.1) is 0 Å². The van der Waals surface area contributed by atoms with Crippen LogP contribution in [-0.2, 0) is 48.2 Å². The van der Waals surface area contributed by atoms with Crippen molar-refractivity contribution in [3.05, 3.63) is 31.5 Å². The third kappa shape index (κ3) is 46.4. The fourth-order valence-electron chi connectivity index (χ4n) is 11.7. The molecule has 1 aromatic heterocycles. The first-order valence-corrected chi connectivity index (χ1v) is 37.1. The first kappa shape index (κ1) is 81.7. The van der Waals surface area contributed by atoms with Crippen LogP contribution in [0.4, 0.5) is 0 Å². The molecular weight excluding hydrogens is 1090 g/mol. The van der Waals surface area contributed by atoms with E-state index in [0.717, 1.165) is 91.5 Å². The van der Waals surface area contributed by atoms with E-state index < -0.39 is 35.0 Å². The zero-order chi connectivity index (χ0) is 63.5. The van der Waals surface area contributed by atoms with Gasteiger partial charge in [-0.05, 0) is 77.8 Å².